The lowest BCUT2D eigenvalue weighted by Crippen LogP contribution is -2.14. The van der Waals surface area contributed by atoms with Crippen molar-refractivity contribution >= 4 is 51.7 Å². The molecule has 0 aliphatic carbocycles. The third-order valence-corrected chi connectivity index (χ3v) is 4.66. The molecule has 0 saturated heterocycles. The number of rotatable bonds is 7. The predicted molar refractivity (Wildman–Crippen MR) is 94.3 cm³/mol. The van der Waals surface area contributed by atoms with Crippen molar-refractivity contribution in [2.24, 2.45) is 0 Å². The van der Waals surface area contributed by atoms with Gasteiger partial charge in [-0.05, 0) is 24.6 Å². The molecule has 5 nitrogen and oxygen atoms in total. The first-order chi connectivity index (χ1) is 11.1. The van der Waals surface area contributed by atoms with Crippen molar-refractivity contribution in [3.05, 3.63) is 45.9 Å². The number of anilines is 1. The van der Waals surface area contributed by atoms with Crippen molar-refractivity contribution in [3.8, 4) is 0 Å². The molecule has 0 unspecified atom stereocenters. The molecule has 1 heterocycles. The molecule has 1 aromatic carbocycles. The lowest BCUT2D eigenvalue weighted by Gasteiger charge is -2.03. The van der Waals surface area contributed by atoms with E-state index in [0.29, 0.717) is 22.5 Å². The van der Waals surface area contributed by atoms with Crippen LogP contribution in [0.25, 0.3) is 0 Å². The Balaban J connectivity index is 1.76. The Labute approximate surface area is 147 Å². The van der Waals surface area contributed by atoms with Crippen LogP contribution < -0.4 is 5.32 Å². The van der Waals surface area contributed by atoms with Gasteiger partial charge < -0.3 is 10.1 Å². The van der Waals surface area contributed by atoms with Crippen LogP contribution in [0.3, 0.4) is 0 Å². The standard InChI is InChI=1S/C15H15ClN2O3S2/c1-2-21-14(20)12-8-23-15(17-12)18-13(19)9-22-7-10-3-5-11(16)6-4-10/h3-6,8H,2,7,9H2,1H3,(H,17,18,19). The van der Waals surface area contributed by atoms with E-state index in [4.69, 9.17) is 16.3 Å². The SMILES string of the molecule is CCOC(=O)c1csc(NC(=O)CSCc2ccc(Cl)cc2)n1. The fraction of sp³-hybridized carbons (Fsp3) is 0.267. The van der Waals surface area contributed by atoms with Gasteiger partial charge in [-0.15, -0.1) is 23.1 Å². The van der Waals surface area contributed by atoms with Crippen LogP contribution in [-0.2, 0) is 15.3 Å². The maximum Gasteiger partial charge on any atom is 0.357 e. The van der Waals surface area contributed by atoms with E-state index >= 15 is 0 Å². The van der Waals surface area contributed by atoms with Crippen LogP contribution in [0.4, 0.5) is 5.13 Å². The molecule has 0 aliphatic heterocycles. The molecule has 2 aromatic rings. The number of esters is 1. The molecule has 1 aromatic heterocycles. The highest BCUT2D eigenvalue weighted by atomic mass is 35.5. The van der Waals surface area contributed by atoms with Gasteiger partial charge in [-0.3, -0.25) is 4.79 Å². The van der Waals surface area contributed by atoms with Crippen LogP contribution in [0, 0.1) is 0 Å². The largest absolute Gasteiger partial charge is 0.461 e. The van der Waals surface area contributed by atoms with E-state index in [0.717, 1.165) is 11.3 Å². The van der Waals surface area contributed by atoms with E-state index in [1.165, 1.54) is 23.1 Å². The van der Waals surface area contributed by atoms with Crippen LogP contribution in [0.5, 0.6) is 0 Å². The van der Waals surface area contributed by atoms with Gasteiger partial charge in [0.05, 0.1) is 12.4 Å². The molecule has 0 aliphatic rings. The minimum Gasteiger partial charge on any atom is -0.461 e. The second-order valence-corrected chi connectivity index (χ2v) is 6.71. The van der Waals surface area contributed by atoms with Gasteiger partial charge in [0.1, 0.15) is 0 Å². The summed E-state index contributed by atoms with van der Waals surface area (Å²) in [5.74, 6) is 0.378. The van der Waals surface area contributed by atoms with Gasteiger partial charge in [0.25, 0.3) is 0 Å². The molecule has 8 heteroatoms. The number of carbonyl (C=O) groups is 2. The highest BCUT2D eigenvalue weighted by Gasteiger charge is 2.13. The second-order valence-electron chi connectivity index (χ2n) is 4.43. The average Bonchev–Trinajstić information content (AvgIpc) is 2.98. The van der Waals surface area contributed by atoms with Gasteiger partial charge >= 0.3 is 5.97 Å². The summed E-state index contributed by atoms with van der Waals surface area (Å²) in [4.78, 5) is 27.4. The number of amides is 1. The molecule has 1 N–H and O–H groups in total. The first kappa shape index (κ1) is 17.8. The first-order valence-corrected chi connectivity index (χ1v) is 9.24. The summed E-state index contributed by atoms with van der Waals surface area (Å²) in [7, 11) is 0. The number of aromatic nitrogens is 1. The zero-order valence-electron chi connectivity index (χ0n) is 12.4. The topological polar surface area (TPSA) is 68.3 Å². The maximum atomic E-state index is 11.9. The monoisotopic (exact) mass is 370 g/mol. The molecular formula is C15H15ClN2O3S2. The number of thioether (sulfide) groups is 1. The van der Waals surface area contributed by atoms with Gasteiger partial charge in [-0.2, -0.15) is 0 Å². The molecule has 2 rings (SSSR count). The Morgan fingerprint density at radius 3 is 2.78 bits per heavy atom. The Kier molecular flexibility index (Phi) is 6.88. The highest BCUT2D eigenvalue weighted by molar-refractivity contribution is 7.99. The lowest BCUT2D eigenvalue weighted by atomic mass is 10.2. The number of nitrogens with zero attached hydrogens (tertiary/aromatic N) is 1. The molecule has 0 fully saturated rings. The van der Waals surface area contributed by atoms with Crippen LogP contribution in [0.1, 0.15) is 23.0 Å². The second kappa shape index (κ2) is 8.90. The molecule has 122 valence electrons. The van der Waals surface area contributed by atoms with Crippen LogP contribution in [0.15, 0.2) is 29.6 Å². The van der Waals surface area contributed by atoms with Crippen LogP contribution in [-0.4, -0.2) is 29.2 Å². The van der Waals surface area contributed by atoms with Crippen LogP contribution in [0.2, 0.25) is 5.02 Å². The molecular weight excluding hydrogens is 356 g/mol. The summed E-state index contributed by atoms with van der Waals surface area (Å²) in [5, 5.41) is 5.32. The number of benzene rings is 1. The van der Waals surface area contributed by atoms with Crippen LogP contribution >= 0.6 is 34.7 Å². The zero-order chi connectivity index (χ0) is 16.7. The molecule has 0 saturated carbocycles. The first-order valence-electron chi connectivity index (χ1n) is 6.83. The van der Waals surface area contributed by atoms with E-state index in [1.54, 1.807) is 12.3 Å². The highest BCUT2D eigenvalue weighted by Crippen LogP contribution is 2.18. The van der Waals surface area contributed by atoms with Crippen molar-refractivity contribution < 1.29 is 14.3 Å². The van der Waals surface area contributed by atoms with Crippen molar-refractivity contribution in [2.75, 3.05) is 17.7 Å². The summed E-state index contributed by atoms with van der Waals surface area (Å²) in [5.41, 5.74) is 1.31. The molecule has 0 bridgehead atoms. The van der Waals surface area contributed by atoms with Crippen molar-refractivity contribution in [1.29, 1.82) is 0 Å². The molecule has 23 heavy (non-hydrogen) atoms. The van der Waals surface area contributed by atoms with Crippen molar-refractivity contribution in [3.63, 3.8) is 0 Å². The quantitative estimate of drug-likeness (QED) is 0.750. The number of hydrogen-bond donors (Lipinski definition) is 1. The normalized spacial score (nSPS) is 10.3. The number of hydrogen-bond acceptors (Lipinski definition) is 6. The fourth-order valence-electron chi connectivity index (χ4n) is 1.63. The number of halogens is 1. The predicted octanol–water partition coefficient (Wildman–Crippen LogP) is 3.85. The van der Waals surface area contributed by atoms with E-state index < -0.39 is 5.97 Å². The van der Waals surface area contributed by atoms with Crippen molar-refractivity contribution in [2.45, 2.75) is 12.7 Å². The van der Waals surface area contributed by atoms with E-state index in [2.05, 4.69) is 10.3 Å². The number of thiazole rings is 1. The minimum absolute atomic E-state index is 0.159. The maximum absolute atomic E-state index is 11.9. The minimum atomic E-state index is -0.485. The Morgan fingerprint density at radius 2 is 2.09 bits per heavy atom. The third-order valence-electron chi connectivity index (χ3n) is 2.65. The number of carbonyl (C=O) groups excluding carboxylic acids is 2. The Bertz CT molecular complexity index is 674. The fourth-order valence-corrected chi connectivity index (χ4v) is 3.24. The summed E-state index contributed by atoms with van der Waals surface area (Å²) >= 11 is 8.51. The van der Waals surface area contributed by atoms with Gasteiger partial charge in [0.15, 0.2) is 10.8 Å². The number of ether oxygens (including phenoxy) is 1. The average molecular weight is 371 g/mol. The summed E-state index contributed by atoms with van der Waals surface area (Å²) in [6.45, 7) is 2.02. The summed E-state index contributed by atoms with van der Waals surface area (Å²) < 4.78 is 4.85. The molecule has 0 radical (unpaired) electrons. The van der Waals surface area contributed by atoms with E-state index in [9.17, 15) is 9.59 Å². The van der Waals surface area contributed by atoms with E-state index in [1.807, 2.05) is 24.3 Å². The smallest absolute Gasteiger partial charge is 0.357 e. The van der Waals surface area contributed by atoms with Crippen molar-refractivity contribution in [1.82, 2.24) is 4.98 Å². The van der Waals surface area contributed by atoms with Gasteiger partial charge in [0.2, 0.25) is 5.91 Å². The summed E-state index contributed by atoms with van der Waals surface area (Å²) in [6.07, 6.45) is 0. The van der Waals surface area contributed by atoms with Gasteiger partial charge in [-0.25, -0.2) is 9.78 Å². The Morgan fingerprint density at radius 1 is 1.35 bits per heavy atom. The summed E-state index contributed by atoms with van der Waals surface area (Å²) in [6, 6.07) is 7.51. The molecule has 0 atom stereocenters. The third kappa shape index (κ3) is 5.85. The van der Waals surface area contributed by atoms with Gasteiger partial charge in [-0.1, -0.05) is 23.7 Å². The molecule has 1 amide bonds. The molecule has 0 spiro atoms. The number of nitrogens with one attached hydrogen (secondary N) is 1. The zero-order valence-corrected chi connectivity index (χ0v) is 14.8. The van der Waals surface area contributed by atoms with Gasteiger partial charge in [0, 0.05) is 16.2 Å². The van der Waals surface area contributed by atoms with E-state index in [-0.39, 0.29) is 11.6 Å². The Hall–Kier alpha value is -1.57. The lowest BCUT2D eigenvalue weighted by molar-refractivity contribution is -0.113.